The van der Waals surface area contributed by atoms with Crippen LogP contribution in [0.4, 0.5) is 4.79 Å². The normalized spacial score (nSPS) is 19.5. The van der Waals surface area contributed by atoms with E-state index in [9.17, 15) is 19.5 Å². The molecule has 2 heterocycles. The quantitative estimate of drug-likeness (QED) is 0.628. The molecule has 3 amide bonds. The number of carbonyl (C=O) groups is 3. The van der Waals surface area contributed by atoms with Gasteiger partial charge in [0.05, 0.1) is 0 Å². The average molecular weight is 376 g/mol. The van der Waals surface area contributed by atoms with Crippen molar-refractivity contribution >= 4 is 17.9 Å². The molecule has 2 saturated heterocycles. The van der Waals surface area contributed by atoms with Crippen LogP contribution in [0.2, 0.25) is 0 Å². The van der Waals surface area contributed by atoms with Crippen LogP contribution in [0.1, 0.15) is 12.8 Å². The molecule has 1 aromatic rings. The summed E-state index contributed by atoms with van der Waals surface area (Å²) < 4.78 is 5.32. The van der Waals surface area contributed by atoms with Crippen LogP contribution in [-0.2, 0) is 9.59 Å². The number of hydrogen-bond donors (Lipinski definition) is 3. The van der Waals surface area contributed by atoms with Crippen molar-refractivity contribution in [2.75, 3.05) is 32.7 Å². The van der Waals surface area contributed by atoms with Crippen LogP contribution >= 0.6 is 0 Å². The van der Waals surface area contributed by atoms with E-state index >= 15 is 0 Å². The molecule has 2 fully saturated rings. The number of carboxylic acid groups (broad SMARTS) is 1. The van der Waals surface area contributed by atoms with Gasteiger partial charge in [0.1, 0.15) is 12.3 Å². The second-order valence-corrected chi connectivity index (χ2v) is 6.59. The molecule has 1 aromatic carbocycles. The first kappa shape index (κ1) is 19.0. The number of rotatable bonds is 5. The van der Waals surface area contributed by atoms with Crippen molar-refractivity contribution in [2.24, 2.45) is 0 Å². The van der Waals surface area contributed by atoms with Crippen molar-refractivity contribution in [2.45, 2.75) is 25.1 Å². The van der Waals surface area contributed by atoms with Gasteiger partial charge in [0.2, 0.25) is 5.91 Å². The Morgan fingerprint density at radius 2 is 1.89 bits per heavy atom. The van der Waals surface area contributed by atoms with Gasteiger partial charge in [0.15, 0.2) is 0 Å². The Hall–Kier alpha value is -2.81. The van der Waals surface area contributed by atoms with E-state index in [-0.39, 0.29) is 18.5 Å². The van der Waals surface area contributed by atoms with Crippen LogP contribution in [0.15, 0.2) is 30.3 Å². The Morgan fingerprint density at radius 1 is 1.19 bits per heavy atom. The van der Waals surface area contributed by atoms with E-state index in [0.717, 1.165) is 25.9 Å². The predicted molar refractivity (Wildman–Crippen MR) is 96.2 cm³/mol. The monoisotopic (exact) mass is 376 g/mol. The summed E-state index contributed by atoms with van der Waals surface area (Å²) >= 11 is 0. The Labute approximate surface area is 157 Å². The van der Waals surface area contributed by atoms with Gasteiger partial charge in [-0.15, -0.1) is 0 Å². The van der Waals surface area contributed by atoms with Crippen molar-refractivity contribution in [3.8, 4) is 5.75 Å². The summed E-state index contributed by atoms with van der Waals surface area (Å²) in [6, 6.07) is 7.96. The van der Waals surface area contributed by atoms with Crippen molar-refractivity contribution < 1.29 is 24.2 Å². The van der Waals surface area contributed by atoms with E-state index < -0.39 is 18.2 Å². The molecule has 0 radical (unpaired) electrons. The summed E-state index contributed by atoms with van der Waals surface area (Å²) in [5, 5.41) is 14.9. The second kappa shape index (κ2) is 8.72. The lowest BCUT2D eigenvalue weighted by Crippen LogP contribution is -2.60. The number of benzene rings is 1. The number of amides is 3. The lowest BCUT2D eigenvalue weighted by molar-refractivity contribution is -0.146. The zero-order valence-corrected chi connectivity index (χ0v) is 15.0. The molecule has 2 aliphatic heterocycles. The third kappa shape index (κ3) is 4.88. The molecule has 9 nitrogen and oxygen atoms in total. The van der Waals surface area contributed by atoms with Gasteiger partial charge in [-0.05, 0) is 38.1 Å². The molecule has 1 unspecified atom stereocenters. The van der Waals surface area contributed by atoms with Crippen LogP contribution in [0.3, 0.4) is 0 Å². The third-order valence-corrected chi connectivity index (χ3v) is 4.77. The molecule has 27 heavy (non-hydrogen) atoms. The number of piperidine rings is 1. The fourth-order valence-corrected chi connectivity index (χ4v) is 3.34. The van der Waals surface area contributed by atoms with Gasteiger partial charge in [-0.3, -0.25) is 10.1 Å². The Bertz CT molecular complexity index is 678. The summed E-state index contributed by atoms with van der Waals surface area (Å²) in [5.41, 5.74) is 0. The van der Waals surface area contributed by atoms with Crippen LogP contribution in [0.25, 0.3) is 0 Å². The van der Waals surface area contributed by atoms with E-state index in [4.69, 9.17) is 4.74 Å². The van der Waals surface area contributed by atoms with Gasteiger partial charge in [-0.1, -0.05) is 18.2 Å². The molecule has 0 bridgehead atoms. The smallest absolute Gasteiger partial charge is 0.366 e. The molecular weight excluding hydrogens is 352 g/mol. The van der Waals surface area contributed by atoms with Gasteiger partial charge in [0.25, 0.3) is 6.23 Å². The first-order valence-electron chi connectivity index (χ1n) is 9.05. The van der Waals surface area contributed by atoms with Gasteiger partial charge < -0.3 is 25.0 Å². The summed E-state index contributed by atoms with van der Waals surface area (Å²) in [4.78, 5) is 39.4. The lowest BCUT2D eigenvalue weighted by Gasteiger charge is -2.40. The number of ether oxygens (including phenoxy) is 1. The minimum atomic E-state index is -1.53. The number of carbonyl (C=O) groups excluding carboxylic acids is 2. The lowest BCUT2D eigenvalue weighted by atomic mass is 10.0. The average Bonchev–Trinajstić information content (AvgIpc) is 2.68. The van der Waals surface area contributed by atoms with Crippen molar-refractivity contribution in [1.29, 1.82) is 0 Å². The van der Waals surface area contributed by atoms with Crippen LogP contribution in [-0.4, -0.2) is 77.8 Å². The molecular formula is C18H24N4O5. The Morgan fingerprint density at radius 3 is 2.52 bits per heavy atom. The topological polar surface area (TPSA) is 111 Å². The number of carboxylic acids is 1. The molecule has 3 N–H and O–H groups in total. The highest BCUT2D eigenvalue weighted by Gasteiger charge is 2.33. The van der Waals surface area contributed by atoms with Gasteiger partial charge in [-0.2, -0.15) is 0 Å². The zero-order chi connectivity index (χ0) is 19.2. The molecule has 2 aliphatic rings. The number of aliphatic carboxylic acids is 1. The summed E-state index contributed by atoms with van der Waals surface area (Å²) in [6.45, 7) is 2.52. The number of hydrogen-bond acceptors (Lipinski definition) is 5. The number of nitrogens with zero attached hydrogens (tertiary/aromatic N) is 2. The van der Waals surface area contributed by atoms with E-state index in [1.165, 1.54) is 4.90 Å². The van der Waals surface area contributed by atoms with E-state index in [1.807, 2.05) is 4.90 Å². The summed E-state index contributed by atoms with van der Waals surface area (Å²) in [6.07, 6.45) is 0.283. The van der Waals surface area contributed by atoms with E-state index in [2.05, 4.69) is 10.6 Å². The maximum absolute atomic E-state index is 12.5. The maximum Gasteiger partial charge on any atom is 0.366 e. The third-order valence-electron chi connectivity index (χ3n) is 4.77. The van der Waals surface area contributed by atoms with Crippen LogP contribution in [0, 0.1) is 0 Å². The second-order valence-electron chi connectivity index (χ2n) is 6.59. The fraction of sp³-hybridized carbons (Fsp3) is 0.500. The minimum absolute atomic E-state index is 0.0621. The van der Waals surface area contributed by atoms with Crippen molar-refractivity contribution in [1.82, 2.24) is 20.4 Å². The van der Waals surface area contributed by atoms with Crippen LogP contribution < -0.4 is 15.4 Å². The SMILES string of the molecule is O=C(O)C(NC(=O)N1CCN(C2CCNCC2)C(=O)C1)Oc1ccccc1. The molecule has 0 aromatic heterocycles. The highest BCUT2D eigenvalue weighted by Crippen LogP contribution is 2.16. The zero-order valence-electron chi connectivity index (χ0n) is 15.0. The fourth-order valence-electron chi connectivity index (χ4n) is 3.34. The van der Waals surface area contributed by atoms with Crippen LogP contribution in [0.5, 0.6) is 5.75 Å². The number of urea groups is 1. The molecule has 0 spiro atoms. The largest absolute Gasteiger partial charge is 0.477 e. The number of para-hydroxylation sites is 1. The standard InChI is InChI=1S/C18H24N4O5/c23-15-12-21(10-11-22(15)13-6-8-19-9-7-13)18(26)20-16(17(24)25)27-14-4-2-1-3-5-14/h1-5,13,16,19H,6-12H2,(H,20,26)(H,24,25). The molecule has 0 saturated carbocycles. The molecule has 3 rings (SSSR count). The number of nitrogens with one attached hydrogen (secondary N) is 2. The Balaban J connectivity index is 1.55. The van der Waals surface area contributed by atoms with Crippen molar-refractivity contribution in [3.63, 3.8) is 0 Å². The molecule has 0 aliphatic carbocycles. The predicted octanol–water partition coefficient (Wildman–Crippen LogP) is 0.0819. The van der Waals surface area contributed by atoms with Gasteiger partial charge >= 0.3 is 12.0 Å². The highest BCUT2D eigenvalue weighted by atomic mass is 16.5. The molecule has 146 valence electrons. The van der Waals surface area contributed by atoms with Gasteiger partial charge in [0, 0.05) is 19.1 Å². The maximum atomic E-state index is 12.5. The number of piperazine rings is 1. The van der Waals surface area contributed by atoms with Gasteiger partial charge in [-0.25, -0.2) is 9.59 Å². The first-order chi connectivity index (χ1) is 13.0. The van der Waals surface area contributed by atoms with Crippen molar-refractivity contribution in [3.05, 3.63) is 30.3 Å². The molecule has 9 heteroatoms. The Kier molecular flexibility index (Phi) is 6.12. The molecule has 1 atom stereocenters. The summed E-state index contributed by atoms with van der Waals surface area (Å²) in [7, 11) is 0. The minimum Gasteiger partial charge on any atom is -0.477 e. The first-order valence-corrected chi connectivity index (χ1v) is 9.05. The van der Waals surface area contributed by atoms with E-state index in [0.29, 0.717) is 18.8 Å². The van der Waals surface area contributed by atoms with E-state index in [1.54, 1.807) is 30.3 Å². The highest BCUT2D eigenvalue weighted by molar-refractivity contribution is 5.87. The summed E-state index contributed by atoms with van der Waals surface area (Å²) in [5.74, 6) is -1.09.